The standard InChI is InChI=1S/C32H27N5O2/c1-3-28-30(22-9-5-4-6-10-22)26-18-23(24-11-7-8-12-25(24)32-34-36-37-35-32)19-27(31(26)39-28)33-29(38)17-21-15-13-20(2)14-16-21/h3-16,18-19,28,30H,1,17H2,2H3,(H,33,38)(H,34,35,36,37)/t28-,30+/m1/s1. The summed E-state index contributed by atoms with van der Waals surface area (Å²) >= 11 is 0. The van der Waals surface area contributed by atoms with Gasteiger partial charge in [0.05, 0.1) is 18.0 Å². The molecular formula is C32H27N5O2. The maximum absolute atomic E-state index is 13.3. The van der Waals surface area contributed by atoms with Gasteiger partial charge in [-0.3, -0.25) is 4.79 Å². The van der Waals surface area contributed by atoms with Crippen LogP contribution in [0.15, 0.2) is 104 Å². The molecule has 2 atom stereocenters. The molecule has 0 saturated heterocycles. The number of carbonyl (C=O) groups is 1. The Kier molecular flexibility index (Phi) is 6.47. The predicted molar refractivity (Wildman–Crippen MR) is 151 cm³/mol. The Labute approximate surface area is 226 Å². The molecule has 192 valence electrons. The van der Waals surface area contributed by atoms with Gasteiger partial charge in [-0.25, -0.2) is 5.10 Å². The lowest BCUT2D eigenvalue weighted by atomic mass is 9.86. The first kappa shape index (κ1) is 24.3. The molecule has 39 heavy (non-hydrogen) atoms. The molecule has 1 amide bonds. The fourth-order valence-corrected chi connectivity index (χ4v) is 5.16. The largest absolute Gasteiger partial charge is 0.483 e. The highest BCUT2D eigenvalue weighted by Crippen LogP contribution is 2.49. The number of carbonyl (C=O) groups excluding carboxylic acids is 1. The molecule has 2 N–H and O–H groups in total. The molecule has 7 heteroatoms. The van der Waals surface area contributed by atoms with Crippen LogP contribution in [0.2, 0.25) is 0 Å². The number of aromatic nitrogens is 4. The van der Waals surface area contributed by atoms with Gasteiger partial charge in [0.15, 0.2) is 5.82 Å². The number of ether oxygens (including phenoxy) is 1. The van der Waals surface area contributed by atoms with Gasteiger partial charge >= 0.3 is 0 Å². The lowest BCUT2D eigenvalue weighted by Gasteiger charge is -2.17. The number of nitrogens with zero attached hydrogens (tertiary/aromatic N) is 3. The van der Waals surface area contributed by atoms with Crippen molar-refractivity contribution in [2.75, 3.05) is 5.32 Å². The average molecular weight is 514 g/mol. The Morgan fingerprint density at radius 3 is 2.46 bits per heavy atom. The van der Waals surface area contributed by atoms with E-state index in [9.17, 15) is 4.79 Å². The van der Waals surface area contributed by atoms with Crippen LogP contribution < -0.4 is 10.1 Å². The van der Waals surface area contributed by atoms with Crippen LogP contribution in [0.1, 0.15) is 28.2 Å². The molecular weight excluding hydrogens is 486 g/mol. The number of aryl methyl sites for hydroxylation is 1. The van der Waals surface area contributed by atoms with Crippen LogP contribution in [0.5, 0.6) is 5.75 Å². The zero-order valence-corrected chi connectivity index (χ0v) is 21.5. The van der Waals surface area contributed by atoms with Crippen molar-refractivity contribution in [1.82, 2.24) is 20.6 Å². The maximum Gasteiger partial charge on any atom is 0.228 e. The molecule has 2 heterocycles. The van der Waals surface area contributed by atoms with Crippen LogP contribution in [-0.2, 0) is 11.2 Å². The van der Waals surface area contributed by atoms with Crippen molar-refractivity contribution in [2.45, 2.75) is 25.4 Å². The van der Waals surface area contributed by atoms with E-state index in [1.165, 1.54) is 0 Å². The first-order valence-electron chi connectivity index (χ1n) is 12.8. The number of anilines is 1. The van der Waals surface area contributed by atoms with Gasteiger partial charge in [-0.2, -0.15) is 0 Å². The zero-order valence-electron chi connectivity index (χ0n) is 21.5. The Morgan fingerprint density at radius 2 is 1.74 bits per heavy atom. The van der Waals surface area contributed by atoms with E-state index in [-0.39, 0.29) is 24.3 Å². The van der Waals surface area contributed by atoms with Gasteiger partial charge in [0, 0.05) is 11.1 Å². The van der Waals surface area contributed by atoms with Gasteiger partial charge in [-0.15, -0.1) is 5.10 Å². The normalized spacial score (nSPS) is 15.8. The van der Waals surface area contributed by atoms with Gasteiger partial charge in [0.25, 0.3) is 0 Å². The zero-order chi connectivity index (χ0) is 26.8. The molecule has 4 aromatic carbocycles. The number of nitrogens with one attached hydrogen (secondary N) is 2. The molecule has 1 aliphatic rings. The molecule has 1 aromatic heterocycles. The van der Waals surface area contributed by atoms with Crippen LogP contribution in [0, 0.1) is 6.92 Å². The Bertz CT molecular complexity index is 1630. The highest BCUT2D eigenvalue weighted by atomic mass is 16.5. The van der Waals surface area contributed by atoms with E-state index in [2.05, 4.69) is 50.7 Å². The first-order valence-corrected chi connectivity index (χ1v) is 12.8. The highest BCUT2D eigenvalue weighted by molar-refractivity contribution is 5.96. The van der Waals surface area contributed by atoms with Crippen LogP contribution in [0.3, 0.4) is 0 Å². The van der Waals surface area contributed by atoms with Crippen molar-refractivity contribution < 1.29 is 9.53 Å². The quantitative estimate of drug-likeness (QED) is 0.257. The number of fused-ring (bicyclic) bond motifs is 1. The number of rotatable bonds is 7. The van der Waals surface area contributed by atoms with Crippen LogP contribution in [-0.4, -0.2) is 32.6 Å². The Hall–Kier alpha value is -5.04. The summed E-state index contributed by atoms with van der Waals surface area (Å²) < 4.78 is 6.44. The summed E-state index contributed by atoms with van der Waals surface area (Å²) in [6, 6.07) is 30.2. The van der Waals surface area contributed by atoms with E-state index in [0.29, 0.717) is 17.3 Å². The summed E-state index contributed by atoms with van der Waals surface area (Å²) in [5.74, 6) is 1.03. The van der Waals surface area contributed by atoms with Gasteiger partial charge in [0.1, 0.15) is 11.9 Å². The summed E-state index contributed by atoms with van der Waals surface area (Å²) in [5, 5.41) is 17.7. The molecule has 0 bridgehead atoms. The van der Waals surface area contributed by atoms with Crippen molar-refractivity contribution in [3.63, 3.8) is 0 Å². The minimum absolute atomic E-state index is 0.0782. The minimum Gasteiger partial charge on any atom is -0.483 e. The van der Waals surface area contributed by atoms with E-state index >= 15 is 0 Å². The predicted octanol–water partition coefficient (Wildman–Crippen LogP) is 6.10. The van der Waals surface area contributed by atoms with Crippen LogP contribution in [0.4, 0.5) is 5.69 Å². The molecule has 1 aliphatic heterocycles. The van der Waals surface area contributed by atoms with Crippen molar-refractivity contribution in [1.29, 1.82) is 0 Å². The van der Waals surface area contributed by atoms with Gasteiger partial charge in [0.2, 0.25) is 5.91 Å². The van der Waals surface area contributed by atoms with Crippen molar-refractivity contribution >= 4 is 11.6 Å². The van der Waals surface area contributed by atoms with E-state index in [1.54, 1.807) is 0 Å². The highest BCUT2D eigenvalue weighted by Gasteiger charge is 2.36. The van der Waals surface area contributed by atoms with Crippen LogP contribution in [0.25, 0.3) is 22.5 Å². The maximum atomic E-state index is 13.3. The van der Waals surface area contributed by atoms with Gasteiger partial charge in [-0.1, -0.05) is 97.1 Å². The first-order chi connectivity index (χ1) is 19.1. The fourth-order valence-electron chi connectivity index (χ4n) is 5.16. The topological polar surface area (TPSA) is 92.8 Å². The lowest BCUT2D eigenvalue weighted by Crippen LogP contribution is -2.17. The Balaban J connectivity index is 1.47. The third-order valence-electron chi connectivity index (χ3n) is 7.02. The number of hydrogen-bond acceptors (Lipinski definition) is 5. The monoisotopic (exact) mass is 513 g/mol. The van der Waals surface area contributed by atoms with E-state index in [1.807, 2.05) is 85.8 Å². The SMILES string of the molecule is C=C[C@H]1Oc2c(NC(=O)Cc3ccc(C)cc3)cc(-c3ccccc3-c3nnn[nH]3)cc2[C@@H]1c1ccccc1. The Morgan fingerprint density at radius 1 is 1.00 bits per heavy atom. The smallest absolute Gasteiger partial charge is 0.228 e. The summed E-state index contributed by atoms with van der Waals surface area (Å²) in [6.07, 6.45) is 1.80. The lowest BCUT2D eigenvalue weighted by molar-refractivity contribution is -0.115. The van der Waals surface area contributed by atoms with E-state index in [0.717, 1.165) is 38.9 Å². The number of tetrazole rings is 1. The number of hydrogen-bond donors (Lipinski definition) is 2. The molecule has 0 aliphatic carbocycles. The third-order valence-corrected chi connectivity index (χ3v) is 7.02. The fraction of sp³-hybridized carbons (Fsp3) is 0.125. The van der Waals surface area contributed by atoms with E-state index < -0.39 is 0 Å². The molecule has 0 unspecified atom stereocenters. The molecule has 0 saturated carbocycles. The van der Waals surface area contributed by atoms with Crippen LogP contribution >= 0.6 is 0 Å². The number of amides is 1. The summed E-state index contributed by atoms with van der Waals surface area (Å²) in [4.78, 5) is 13.3. The number of benzene rings is 4. The third kappa shape index (κ3) is 4.82. The van der Waals surface area contributed by atoms with Gasteiger partial charge in [-0.05, 0) is 51.7 Å². The molecule has 6 rings (SSSR count). The molecule has 0 fully saturated rings. The second kappa shape index (κ2) is 10.4. The van der Waals surface area contributed by atoms with Crippen molar-refractivity contribution in [2.24, 2.45) is 0 Å². The summed E-state index contributed by atoms with van der Waals surface area (Å²) in [7, 11) is 0. The average Bonchev–Trinajstić information content (AvgIpc) is 3.63. The second-order valence-electron chi connectivity index (χ2n) is 9.65. The number of H-pyrrole nitrogens is 1. The summed E-state index contributed by atoms with van der Waals surface area (Å²) in [5.41, 5.74) is 7.53. The van der Waals surface area contributed by atoms with Gasteiger partial charge < -0.3 is 10.1 Å². The minimum atomic E-state index is -0.279. The number of aromatic amines is 1. The summed E-state index contributed by atoms with van der Waals surface area (Å²) in [6.45, 7) is 6.07. The molecule has 0 spiro atoms. The molecule has 7 nitrogen and oxygen atoms in total. The van der Waals surface area contributed by atoms with Crippen molar-refractivity contribution in [3.05, 3.63) is 126 Å². The van der Waals surface area contributed by atoms with Crippen molar-refractivity contribution in [3.8, 4) is 28.3 Å². The molecule has 0 radical (unpaired) electrons. The van der Waals surface area contributed by atoms with E-state index in [4.69, 9.17) is 4.74 Å². The molecule has 5 aromatic rings. The second-order valence-corrected chi connectivity index (χ2v) is 9.65.